The van der Waals surface area contributed by atoms with Crippen molar-refractivity contribution < 1.29 is 4.79 Å². The molecule has 0 bridgehead atoms. The molecule has 2 saturated heterocycles. The highest BCUT2D eigenvalue weighted by Gasteiger charge is 2.28. The minimum atomic E-state index is -0.101. The van der Waals surface area contributed by atoms with Crippen LogP contribution in [0.25, 0.3) is 0 Å². The predicted octanol–water partition coefficient (Wildman–Crippen LogP) is -2.06. The van der Waals surface area contributed by atoms with E-state index in [1.54, 1.807) is 0 Å². The van der Waals surface area contributed by atoms with Crippen LogP contribution in [0.4, 0.5) is 0 Å². The third kappa shape index (κ3) is 1.99. The van der Waals surface area contributed by atoms with Crippen LogP contribution in [0.5, 0.6) is 0 Å². The Balaban J connectivity index is 1.92. The van der Waals surface area contributed by atoms with Gasteiger partial charge in [0.05, 0.1) is 0 Å². The summed E-state index contributed by atoms with van der Waals surface area (Å²) in [6.07, 6.45) is -0.101. The summed E-state index contributed by atoms with van der Waals surface area (Å²) < 4.78 is 0. The van der Waals surface area contributed by atoms with Gasteiger partial charge >= 0.3 is 0 Å². The fourth-order valence-electron chi connectivity index (χ4n) is 1.82. The van der Waals surface area contributed by atoms with Gasteiger partial charge in [-0.3, -0.25) is 15.0 Å². The van der Waals surface area contributed by atoms with Crippen LogP contribution in [0, 0.1) is 0 Å². The number of carbonyl (C=O) groups excluding carboxylic acids is 1. The summed E-state index contributed by atoms with van der Waals surface area (Å²) in [7, 11) is 0. The molecule has 0 saturated carbocycles. The molecule has 0 aliphatic carbocycles. The molecule has 2 aliphatic heterocycles. The second kappa shape index (κ2) is 4.04. The van der Waals surface area contributed by atoms with Gasteiger partial charge in [-0.25, -0.2) is 0 Å². The molecule has 0 aromatic rings. The SMILES string of the molecule is O=C1NCCNC1N1CCNCC1. The molecule has 13 heavy (non-hydrogen) atoms. The molecule has 5 nitrogen and oxygen atoms in total. The van der Waals surface area contributed by atoms with Crippen molar-refractivity contribution in [1.82, 2.24) is 20.9 Å². The molecule has 2 rings (SSSR count). The second-order valence-electron chi connectivity index (χ2n) is 3.43. The maximum Gasteiger partial charge on any atom is 0.252 e. The van der Waals surface area contributed by atoms with Crippen LogP contribution in [0.15, 0.2) is 0 Å². The highest BCUT2D eigenvalue weighted by atomic mass is 16.2. The van der Waals surface area contributed by atoms with Crippen LogP contribution in [0.1, 0.15) is 0 Å². The van der Waals surface area contributed by atoms with E-state index in [0.717, 1.165) is 39.3 Å². The second-order valence-corrected chi connectivity index (χ2v) is 3.43. The van der Waals surface area contributed by atoms with Crippen molar-refractivity contribution in [2.45, 2.75) is 6.17 Å². The number of hydrogen-bond donors (Lipinski definition) is 3. The molecule has 2 fully saturated rings. The zero-order valence-electron chi connectivity index (χ0n) is 7.68. The van der Waals surface area contributed by atoms with Crippen LogP contribution in [-0.4, -0.2) is 56.2 Å². The summed E-state index contributed by atoms with van der Waals surface area (Å²) in [6, 6.07) is 0. The largest absolute Gasteiger partial charge is 0.352 e. The van der Waals surface area contributed by atoms with Gasteiger partial charge in [-0.1, -0.05) is 0 Å². The van der Waals surface area contributed by atoms with Gasteiger partial charge in [0, 0.05) is 39.3 Å². The Morgan fingerprint density at radius 2 is 1.92 bits per heavy atom. The molecule has 0 aromatic carbocycles. The van der Waals surface area contributed by atoms with E-state index < -0.39 is 0 Å². The first-order chi connectivity index (χ1) is 6.38. The molecule has 0 spiro atoms. The lowest BCUT2D eigenvalue weighted by Crippen LogP contribution is -2.63. The average molecular weight is 184 g/mol. The maximum atomic E-state index is 11.5. The molecule has 5 heteroatoms. The number of rotatable bonds is 1. The highest BCUT2D eigenvalue weighted by Crippen LogP contribution is 2.00. The first-order valence-electron chi connectivity index (χ1n) is 4.84. The molecule has 0 aromatic heterocycles. The fraction of sp³-hybridized carbons (Fsp3) is 0.875. The highest BCUT2D eigenvalue weighted by molar-refractivity contribution is 5.82. The van der Waals surface area contributed by atoms with E-state index in [4.69, 9.17) is 0 Å². The number of nitrogens with one attached hydrogen (secondary N) is 3. The lowest BCUT2D eigenvalue weighted by Gasteiger charge is -2.36. The number of piperazine rings is 2. The van der Waals surface area contributed by atoms with E-state index in [1.807, 2.05) is 0 Å². The van der Waals surface area contributed by atoms with Crippen LogP contribution in [0.3, 0.4) is 0 Å². The van der Waals surface area contributed by atoms with Gasteiger partial charge in [0.25, 0.3) is 5.91 Å². The third-order valence-corrected chi connectivity index (χ3v) is 2.53. The average Bonchev–Trinajstić information content (AvgIpc) is 2.20. The maximum absolute atomic E-state index is 11.5. The summed E-state index contributed by atoms with van der Waals surface area (Å²) in [6.45, 7) is 5.48. The van der Waals surface area contributed by atoms with E-state index in [0.29, 0.717) is 0 Å². The smallest absolute Gasteiger partial charge is 0.252 e. The van der Waals surface area contributed by atoms with Gasteiger partial charge in [-0.15, -0.1) is 0 Å². The summed E-state index contributed by atoms with van der Waals surface area (Å²) >= 11 is 0. The summed E-state index contributed by atoms with van der Waals surface area (Å²) in [5.74, 6) is 0.119. The Morgan fingerprint density at radius 3 is 2.62 bits per heavy atom. The van der Waals surface area contributed by atoms with Crippen molar-refractivity contribution in [2.75, 3.05) is 39.3 Å². The van der Waals surface area contributed by atoms with Crippen LogP contribution < -0.4 is 16.0 Å². The van der Waals surface area contributed by atoms with Gasteiger partial charge < -0.3 is 10.6 Å². The Labute approximate surface area is 77.9 Å². The molecule has 2 aliphatic rings. The van der Waals surface area contributed by atoms with Gasteiger partial charge in [-0.2, -0.15) is 0 Å². The van der Waals surface area contributed by atoms with Crippen molar-refractivity contribution in [2.24, 2.45) is 0 Å². The van der Waals surface area contributed by atoms with Crippen molar-refractivity contribution in [3.05, 3.63) is 0 Å². The summed E-state index contributed by atoms with van der Waals surface area (Å²) in [5.41, 5.74) is 0. The molecular weight excluding hydrogens is 168 g/mol. The lowest BCUT2D eigenvalue weighted by atomic mass is 10.2. The first kappa shape index (κ1) is 8.93. The molecule has 3 N–H and O–H groups in total. The van der Waals surface area contributed by atoms with E-state index in [9.17, 15) is 4.79 Å². The third-order valence-electron chi connectivity index (χ3n) is 2.53. The predicted molar refractivity (Wildman–Crippen MR) is 49.2 cm³/mol. The van der Waals surface area contributed by atoms with Crippen LogP contribution in [-0.2, 0) is 4.79 Å². The van der Waals surface area contributed by atoms with Crippen LogP contribution >= 0.6 is 0 Å². The Kier molecular flexibility index (Phi) is 2.77. The number of nitrogens with zero attached hydrogens (tertiary/aromatic N) is 1. The first-order valence-corrected chi connectivity index (χ1v) is 4.84. The van der Waals surface area contributed by atoms with Gasteiger partial charge in [0.1, 0.15) is 6.17 Å². The van der Waals surface area contributed by atoms with E-state index in [-0.39, 0.29) is 12.1 Å². The molecule has 2 heterocycles. The number of hydrogen-bond acceptors (Lipinski definition) is 4. The van der Waals surface area contributed by atoms with E-state index in [1.165, 1.54) is 0 Å². The fourth-order valence-corrected chi connectivity index (χ4v) is 1.82. The molecule has 1 amide bonds. The number of carbonyl (C=O) groups is 1. The molecule has 0 radical (unpaired) electrons. The molecule has 1 unspecified atom stereocenters. The van der Waals surface area contributed by atoms with Crippen molar-refractivity contribution in [3.8, 4) is 0 Å². The standard InChI is InChI=1S/C8H16N4O/c13-8-7(10-1-2-11-8)12-5-3-9-4-6-12/h7,9-10H,1-6H2,(H,11,13). The minimum absolute atomic E-state index is 0.101. The Bertz CT molecular complexity index is 191. The molecular formula is C8H16N4O. The lowest BCUT2D eigenvalue weighted by molar-refractivity contribution is -0.129. The van der Waals surface area contributed by atoms with Gasteiger partial charge in [-0.05, 0) is 0 Å². The Hall–Kier alpha value is -0.650. The van der Waals surface area contributed by atoms with Gasteiger partial charge in [0.2, 0.25) is 0 Å². The van der Waals surface area contributed by atoms with E-state index in [2.05, 4.69) is 20.9 Å². The quantitative estimate of drug-likeness (QED) is 0.438. The summed E-state index contributed by atoms with van der Waals surface area (Å²) in [5, 5.41) is 9.36. The summed E-state index contributed by atoms with van der Waals surface area (Å²) in [4.78, 5) is 13.6. The van der Waals surface area contributed by atoms with Crippen molar-refractivity contribution >= 4 is 5.91 Å². The van der Waals surface area contributed by atoms with Gasteiger partial charge in [0.15, 0.2) is 0 Å². The van der Waals surface area contributed by atoms with E-state index >= 15 is 0 Å². The van der Waals surface area contributed by atoms with Crippen molar-refractivity contribution in [3.63, 3.8) is 0 Å². The monoisotopic (exact) mass is 184 g/mol. The Morgan fingerprint density at radius 1 is 1.15 bits per heavy atom. The number of amides is 1. The minimum Gasteiger partial charge on any atom is -0.352 e. The normalized spacial score (nSPS) is 31.4. The topological polar surface area (TPSA) is 56.4 Å². The zero-order chi connectivity index (χ0) is 9.10. The van der Waals surface area contributed by atoms with Crippen LogP contribution in [0.2, 0.25) is 0 Å². The van der Waals surface area contributed by atoms with Crippen molar-refractivity contribution in [1.29, 1.82) is 0 Å². The molecule has 74 valence electrons. The zero-order valence-corrected chi connectivity index (χ0v) is 7.68. The molecule has 1 atom stereocenters.